The van der Waals surface area contributed by atoms with Gasteiger partial charge in [0.25, 0.3) is 0 Å². The number of halogens is 1. The van der Waals surface area contributed by atoms with E-state index in [1.165, 1.54) is 15.6 Å². The van der Waals surface area contributed by atoms with Crippen LogP contribution >= 0.6 is 15.9 Å². The average molecular weight is 212 g/mol. The maximum atomic E-state index is 6.50. The lowest BCUT2D eigenvalue weighted by Crippen LogP contribution is -1.74. The SMILES string of the molecule is C#N.Cc1cc(C)cc(Br)c1. The molecule has 0 spiro atoms. The molecule has 0 aliphatic rings. The van der Waals surface area contributed by atoms with Crippen LogP contribution in [-0.4, -0.2) is 0 Å². The van der Waals surface area contributed by atoms with Gasteiger partial charge in [-0.15, -0.1) is 0 Å². The first-order valence-electron chi connectivity index (χ1n) is 3.18. The second kappa shape index (κ2) is 4.92. The first-order valence-corrected chi connectivity index (χ1v) is 3.97. The lowest BCUT2D eigenvalue weighted by Gasteiger charge is -1.95. The summed E-state index contributed by atoms with van der Waals surface area (Å²) >= 11 is 3.41. The molecule has 0 aliphatic carbocycles. The summed E-state index contributed by atoms with van der Waals surface area (Å²) in [4.78, 5) is 0. The van der Waals surface area contributed by atoms with Gasteiger partial charge in [0, 0.05) is 11.0 Å². The number of benzene rings is 1. The molecular formula is C9H10BrN. The van der Waals surface area contributed by atoms with E-state index in [1.54, 1.807) is 0 Å². The highest BCUT2D eigenvalue weighted by Gasteiger charge is 1.88. The van der Waals surface area contributed by atoms with Gasteiger partial charge >= 0.3 is 0 Å². The van der Waals surface area contributed by atoms with Gasteiger partial charge in [-0.2, -0.15) is 0 Å². The zero-order valence-electron chi connectivity index (χ0n) is 6.63. The summed E-state index contributed by atoms with van der Waals surface area (Å²) in [5, 5.41) is 6.50. The van der Waals surface area contributed by atoms with Crippen LogP contribution in [0.1, 0.15) is 11.1 Å². The summed E-state index contributed by atoms with van der Waals surface area (Å²) < 4.78 is 1.17. The van der Waals surface area contributed by atoms with Crippen molar-refractivity contribution in [1.29, 1.82) is 5.26 Å². The van der Waals surface area contributed by atoms with E-state index in [4.69, 9.17) is 5.26 Å². The number of aryl methyl sites for hydroxylation is 2. The Morgan fingerprint density at radius 3 is 1.73 bits per heavy atom. The van der Waals surface area contributed by atoms with Gasteiger partial charge in [0.2, 0.25) is 0 Å². The van der Waals surface area contributed by atoms with E-state index in [2.05, 4.69) is 54.5 Å². The molecule has 0 amide bonds. The van der Waals surface area contributed by atoms with Crippen LogP contribution in [0.2, 0.25) is 0 Å². The van der Waals surface area contributed by atoms with Gasteiger partial charge < -0.3 is 0 Å². The number of nitrogens with zero attached hydrogens (tertiary/aromatic N) is 1. The van der Waals surface area contributed by atoms with Gasteiger partial charge in [0.15, 0.2) is 0 Å². The van der Waals surface area contributed by atoms with Gasteiger partial charge in [-0.3, -0.25) is 0 Å². The largest absolute Gasteiger partial charge is 0.202 e. The summed E-state index contributed by atoms with van der Waals surface area (Å²) in [5.41, 5.74) is 2.61. The second-order valence-corrected chi connectivity index (χ2v) is 3.22. The van der Waals surface area contributed by atoms with E-state index < -0.39 is 0 Å². The van der Waals surface area contributed by atoms with Crippen LogP contribution in [0.4, 0.5) is 0 Å². The topological polar surface area (TPSA) is 23.8 Å². The van der Waals surface area contributed by atoms with Crippen LogP contribution in [0.5, 0.6) is 0 Å². The van der Waals surface area contributed by atoms with Gasteiger partial charge in [-0.05, 0) is 37.1 Å². The van der Waals surface area contributed by atoms with Crippen molar-refractivity contribution >= 4 is 15.9 Å². The molecule has 0 aromatic heterocycles. The normalized spacial score (nSPS) is 8.09. The predicted molar refractivity (Wildman–Crippen MR) is 50.3 cm³/mol. The number of nitriles is 1. The minimum atomic E-state index is 1.17. The third-order valence-electron chi connectivity index (χ3n) is 1.19. The van der Waals surface area contributed by atoms with Crippen LogP contribution < -0.4 is 0 Å². The third-order valence-corrected chi connectivity index (χ3v) is 1.64. The molecule has 0 fully saturated rings. The highest BCUT2D eigenvalue weighted by molar-refractivity contribution is 9.10. The molecule has 0 radical (unpaired) electrons. The summed E-state index contributed by atoms with van der Waals surface area (Å²) in [6, 6.07) is 6.37. The molecule has 1 rings (SSSR count). The van der Waals surface area contributed by atoms with Crippen molar-refractivity contribution in [2.45, 2.75) is 13.8 Å². The zero-order chi connectivity index (χ0) is 8.85. The molecular weight excluding hydrogens is 202 g/mol. The van der Waals surface area contributed by atoms with Gasteiger partial charge in [-0.25, -0.2) is 5.26 Å². The molecule has 0 saturated heterocycles. The van der Waals surface area contributed by atoms with Crippen molar-refractivity contribution in [2.24, 2.45) is 0 Å². The Balaban J connectivity index is 0.000000461. The molecule has 0 heterocycles. The molecule has 1 aromatic rings. The Labute approximate surface area is 75.8 Å². The maximum absolute atomic E-state index is 6.50. The fourth-order valence-corrected chi connectivity index (χ4v) is 1.64. The molecule has 0 aliphatic heterocycles. The molecule has 1 aromatic carbocycles. The highest BCUT2D eigenvalue weighted by Crippen LogP contribution is 2.13. The number of hydrogen-bond acceptors (Lipinski definition) is 1. The molecule has 2 heteroatoms. The first kappa shape index (κ1) is 10.2. The maximum Gasteiger partial charge on any atom is 0.0462 e. The van der Waals surface area contributed by atoms with E-state index in [9.17, 15) is 0 Å². The van der Waals surface area contributed by atoms with Crippen molar-refractivity contribution in [3.63, 3.8) is 0 Å². The number of rotatable bonds is 0. The monoisotopic (exact) mass is 211 g/mol. The molecule has 1 nitrogen and oxygen atoms in total. The van der Waals surface area contributed by atoms with E-state index in [1.807, 2.05) is 0 Å². The summed E-state index contributed by atoms with van der Waals surface area (Å²) in [6.45, 7) is 7.69. The Kier molecular flexibility index (Phi) is 4.56. The van der Waals surface area contributed by atoms with E-state index in [0.29, 0.717) is 0 Å². The van der Waals surface area contributed by atoms with Crippen molar-refractivity contribution in [2.75, 3.05) is 0 Å². The lowest BCUT2D eigenvalue weighted by molar-refractivity contribution is 1.37. The fraction of sp³-hybridized carbons (Fsp3) is 0.222. The van der Waals surface area contributed by atoms with Crippen molar-refractivity contribution in [3.05, 3.63) is 33.8 Å². The van der Waals surface area contributed by atoms with Gasteiger partial charge in [0.1, 0.15) is 0 Å². The Bertz CT molecular complexity index is 203. The quantitative estimate of drug-likeness (QED) is 0.647. The van der Waals surface area contributed by atoms with Crippen LogP contribution in [-0.2, 0) is 0 Å². The van der Waals surface area contributed by atoms with Crippen LogP contribution in [0.3, 0.4) is 0 Å². The molecule has 58 valence electrons. The molecule has 0 N–H and O–H groups in total. The highest BCUT2D eigenvalue weighted by atomic mass is 79.9. The van der Waals surface area contributed by atoms with Crippen LogP contribution in [0, 0.1) is 25.7 Å². The molecule has 0 saturated carbocycles. The Morgan fingerprint density at radius 2 is 1.45 bits per heavy atom. The lowest BCUT2D eigenvalue weighted by atomic mass is 10.2. The minimum Gasteiger partial charge on any atom is -0.202 e. The minimum absolute atomic E-state index is 1.17. The third kappa shape index (κ3) is 3.79. The fourth-order valence-electron chi connectivity index (χ4n) is 0.919. The van der Waals surface area contributed by atoms with Gasteiger partial charge in [0.05, 0.1) is 0 Å². The summed E-state index contributed by atoms with van der Waals surface area (Å²) in [7, 11) is 0. The zero-order valence-corrected chi connectivity index (χ0v) is 8.22. The first-order chi connectivity index (χ1) is 5.18. The Hall–Kier alpha value is -0.810. The number of hydrogen-bond donors (Lipinski definition) is 0. The smallest absolute Gasteiger partial charge is 0.0462 e. The molecule has 11 heavy (non-hydrogen) atoms. The van der Waals surface area contributed by atoms with Gasteiger partial charge in [-0.1, -0.05) is 22.0 Å². The van der Waals surface area contributed by atoms with E-state index >= 15 is 0 Å². The Morgan fingerprint density at radius 1 is 1.09 bits per heavy atom. The second-order valence-electron chi connectivity index (χ2n) is 2.31. The van der Waals surface area contributed by atoms with Crippen molar-refractivity contribution in [3.8, 4) is 6.57 Å². The molecule has 0 atom stereocenters. The molecule has 0 bridgehead atoms. The standard InChI is InChI=1S/C8H9Br.CHN/c1-6-3-7(2)5-8(9)4-6;1-2/h3-5H,1-2H3;1H. The van der Waals surface area contributed by atoms with Crippen LogP contribution in [0.15, 0.2) is 22.7 Å². The summed E-state index contributed by atoms with van der Waals surface area (Å²) in [5.74, 6) is 0. The van der Waals surface area contributed by atoms with Crippen molar-refractivity contribution in [1.82, 2.24) is 0 Å². The van der Waals surface area contributed by atoms with Crippen LogP contribution in [0.25, 0.3) is 0 Å². The average Bonchev–Trinajstić information content (AvgIpc) is 1.88. The summed E-state index contributed by atoms with van der Waals surface area (Å²) in [6.07, 6.45) is 0. The predicted octanol–water partition coefficient (Wildman–Crippen LogP) is 3.21. The van der Waals surface area contributed by atoms with E-state index in [0.717, 1.165) is 0 Å². The van der Waals surface area contributed by atoms with E-state index in [-0.39, 0.29) is 0 Å². The molecule has 0 unspecified atom stereocenters. The van der Waals surface area contributed by atoms with Crippen molar-refractivity contribution < 1.29 is 0 Å².